The van der Waals surface area contributed by atoms with Gasteiger partial charge in [-0.15, -0.1) is 0 Å². The van der Waals surface area contributed by atoms with Crippen molar-refractivity contribution in [2.45, 2.75) is 12.8 Å². The highest BCUT2D eigenvalue weighted by molar-refractivity contribution is 5.93. The van der Waals surface area contributed by atoms with E-state index < -0.39 is 0 Å². The van der Waals surface area contributed by atoms with Crippen molar-refractivity contribution in [2.75, 3.05) is 26.2 Å². The van der Waals surface area contributed by atoms with Crippen LogP contribution < -0.4 is 5.32 Å². The molecule has 0 bridgehead atoms. The quantitative estimate of drug-likeness (QED) is 0.637. The van der Waals surface area contributed by atoms with E-state index in [1.54, 1.807) is 6.08 Å². The summed E-state index contributed by atoms with van der Waals surface area (Å²) in [7, 11) is 0. The Morgan fingerprint density at radius 1 is 1.31 bits per heavy atom. The summed E-state index contributed by atoms with van der Waals surface area (Å²) >= 11 is 0. The molecule has 72 valence electrons. The minimum Gasteiger partial charge on any atom is -0.375 e. The van der Waals surface area contributed by atoms with E-state index in [0.29, 0.717) is 11.7 Å². The average molecular weight is 180 g/mol. The number of hydrogen-bond donors (Lipinski definition) is 1. The number of carbonyl (C=O) groups is 1. The molecule has 1 saturated carbocycles. The van der Waals surface area contributed by atoms with Crippen LogP contribution in [0.4, 0.5) is 0 Å². The maximum Gasteiger partial charge on any atom is 0.160 e. The van der Waals surface area contributed by atoms with Crippen LogP contribution in [0.3, 0.4) is 0 Å². The van der Waals surface area contributed by atoms with E-state index >= 15 is 0 Å². The Kier molecular flexibility index (Phi) is 2.64. The fraction of sp³-hybridized carbons (Fsp3) is 0.700. The van der Waals surface area contributed by atoms with E-state index in [0.717, 1.165) is 39.0 Å². The second-order valence-electron chi connectivity index (χ2n) is 3.78. The average Bonchev–Trinajstić information content (AvgIpc) is 2.99. The molecule has 1 aliphatic carbocycles. The van der Waals surface area contributed by atoms with E-state index in [2.05, 4.69) is 10.2 Å². The van der Waals surface area contributed by atoms with Gasteiger partial charge in [0.1, 0.15) is 0 Å². The van der Waals surface area contributed by atoms with Gasteiger partial charge in [0.15, 0.2) is 5.78 Å². The van der Waals surface area contributed by atoms with Gasteiger partial charge >= 0.3 is 0 Å². The van der Waals surface area contributed by atoms with Gasteiger partial charge in [0.2, 0.25) is 0 Å². The summed E-state index contributed by atoms with van der Waals surface area (Å²) in [6.45, 7) is 4.10. The normalized spacial score (nSPS) is 23.8. The van der Waals surface area contributed by atoms with Crippen LogP contribution in [-0.2, 0) is 4.79 Å². The summed E-state index contributed by atoms with van der Waals surface area (Å²) in [5.74, 6) is 0.678. The van der Waals surface area contributed by atoms with Crippen molar-refractivity contribution < 1.29 is 4.79 Å². The van der Waals surface area contributed by atoms with Gasteiger partial charge in [-0.05, 0) is 18.9 Å². The lowest BCUT2D eigenvalue weighted by Crippen LogP contribution is -2.40. The highest BCUT2D eigenvalue weighted by Crippen LogP contribution is 2.30. The van der Waals surface area contributed by atoms with Gasteiger partial charge in [0.05, 0.1) is 0 Å². The molecular weight excluding hydrogens is 164 g/mol. The summed E-state index contributed by atoms with van der Waals surface area (Å²) in [5, 5.41) is 3.28. The zero-order valence-electron chi connectivity index (χ0n) is 7.83. The van der Waals surface area contributed by atoms with Crippen LogP contribution >= 0.6 is 0 Å². The van der Waals surface area contributed by atoms with Crippen LogP contribution in [0.2, 0.25) is 0 Å². The molecular formula is C10H16N2O. The molecule has 1 saturated heterocycles. The second-order valence-corrected chi connectivity index (χ2v) is 3.78. The molecule has 0 atom stereocenters. The van der Waals surface area contributed by atoms with Crippen LogP contribution in [0.25, 0.3) is 0 Å². The number of allylic oxidation sites excluding steroid dienone is 1. The van der Waals surface area contributed by atoms with Crippen LogP contribution in [-0.4, -0.2) is 36.9 Å². The van der Waals surface area contributed by atoms with Gasteiger partial charge in [0.25, 0.3) is 0 Å². The zero-order valence-corrected chi connectivity index (χ0v) is 7.83. The Labute approximate surface area is 78.8 Å². The van der Waals surface area contributed by atoms with E-state index in [4.69, 9.17) is 0 Å². The Bertz CT molecular complexity index is 215. The molecule has 0 unspecified atom stereocenters. The first-order valence-corrected chi connectivity index (χ1v) is 5.03. The smallest absolute Gasteiger partial charge is 0.160 e. The third-order valence-corrected chi connectivity index (χ3v) is 2.58. The minimum atomic E-state index is 0.318. The highest BCUT2D eigenvalue weighted by Gasteiger charge is 2.27. The predicted octanol–water partition coefficient (Wildman–Crippen LogP) is 0.384. The molecule has 0 aromatic heterocycles. The number of hydrogen-bond acceptors (Lipinski definition) is 3. The summed E-state index contributed by atoms with van der Waals surface area (Å²) in [5.41, 5.74) is 0. The van der Waals surface area contributed by atoms with Crippen molar-refractivity contribution in [3.63, 3.8) is 0 Å². The first-order valence-electron chi connectivity index (χ1n) is 5.03. The SMILES string of the molecule is O=C(/C=C/N1CCNCC1)C1CC1. The molecule has 1 aliphatic heterocycles. The van der Waals surface area contributed by atoms with Crippen LogP contribution in [0.15, 0.2) is 12.3 Å². The minimum absolute atomic E-state index is 0.318. The van der Waals surface area contributed by atoms with Gasteiger partial charge in [-0.2, -0.15) is 0 Å². The molecule has 3 nitrogen and oxygen atoms in total. The van der Waals surface area contributed by atoms with Crippen molar-refractivity contribution >= 4 is 5.78 Å². The van der Waals surface area contributed by atoms with Crippen LogP contribution in [0, 0.1) is 5.92 Å². The fourth-order valence-electron chi connectivity index (χ4n) is 1.51. The molecule has 2 rings (SSSR count). The molecule has 1 N–H and O–H groups in total. The van der Waals surface area contributed by atoms with Gasteiger partial charge in [0, 0.05) is 38.3 Å². The first kappa shape index (κ1) is 8.75. The Hall–Kier alpha value is -0.830. The highest BCUT2D eigenvalue weighted by atomic mass is 16.1. The largest absolute Gasteiger partial charge is 0.375 e. The monoisotopic (exact) mass is 180 g/mol. The summed E-state index contributed by atoms with van der Waals surface area (Å²) in [6.07, 6.45) is 5.92. The number of carbonyl (C=O) groups excluding carboxylic acids is 1. The van der Waals surface area contributed by atoms with Crippen molar-refractivity contribution in [3.8, 4) is 0 Å². The van der Waals surface area contributed by atoms with E-state index in [9.17, 15) is 4.79 Å². The molecule has 2 aliphatic rings. The van der Waals surface area contributed by atoms with Crippen LogP contribution in [0.5, 0.6) is 0 Å². The number of nitrogens with zero attached hydrogens (tertiary/aromatic N) is 1. The lowest BCUT2D eigenvalue weighted by atomic mass is 10.2. The summed E-state index contributed by atoms with van der Waals surface area (Å²) in [6, 6.07) is 0. The zero-order chi connectivity index (χ0) is 9.10. The summed E-state index contributed by atoms with van der Waals surface area (Å²) < 4.78 is 0. The molecule has 0 aromatic rings. The van der Waals surface area contributed by atoms with Gasteiger partial charge in [-0.25, -0.2) is 0 Å². The first-order chi connectivity index (χ1) is 6.36. The number of ketones is 1. The van der Waals surface area contributed by atoms with Crippen molar-refractivity contribution in [1.29, 1.82) is 0 Å². The maximum absolute atomic E-state index is 11.3. The standard InChI is InChI=1S/C10H16N2O/c13-10(9-1-2-9)3-6-12-7-4-11-5-8-12/h3,6,9,11H,1-2,4-5,7-8H2/b6-3+. The van der Waals surface area contributed by atoms with Crippen molar-refractivity contribution in [3.05, 3.63) is 12.3 Å². The third kappa shape index (κ3) is 2.56. The summed E-state index contributed by atoms with van der Waals surface area (Å²) in [4.78, 5) is 13.5. The molecule has 3 heteroatoms. The van der Waals surface area contributed by atoms with E-state index in [1.807, 2.05) is 6.20 Å². The van der Waals surface area contributed by atoms with Gasteiger partial charge in [-0.1, -0.05) is 0 Å². The predicted molar refractivity (Wildman–Crippen MR) is 51.3 cm³/mol. The Morgan fingerprint density at radius 3 is 2.62 bits per heavy atom. The molecule has 13 heavy (non-hydrogen) atoms. The molecule has 2 fully saturated rings. The van der Waals surface area contributed by atoms with E-state index in [1.165, 1.54) is 0 Å². The van der Waals surface area contributed by atoms with Gasteiger partial charge < -0.3 is 10.2 Å². The molecule has 1 heterocycles. The van der Waals surface area contributed by atoms with Gasteiger partial charge in [-0.3, -0.25) is 4.79 Å². The third-order valence-electron chi connectivity index (χ3n) is 2.58. The van der Waals surface area contributed by atoms with Crippen molar-refractivity contribution in [1.82, 2.24) is 10.2 Å². The molecule has 0 spiro atoms. The van der Waals surface area contributed by atoms with E-state index in [-0.39, 0.29) is 0 Å². The number of piperazine rings is 1. The van der Waals surface area contributed by atoms with Crippen LogP contribution in [0.1, 0.15) is 12.8 Å². The fourth-order valence-corrected chi connectivity index (χ4v) is 1.51. The number of rotatable bonds is 3. The lowest BCUT2D eigenvalue weighted by Gasteiger charge is -2.25. The molecule has 0 aromatic carbocycles. The van der Waals surface area contributed by atoms with Crippen molar-refractivity contribution in [2.24, 2.45) is 5.92 Å². The second kappa shape index (κ2) is 3.92. The maximum atomic E-state index is 11.3. The lowest BCUT2D eigenvalue weighted by molar-refractivity contribution is -0.115. The molecule has 0 amide bonds. The Morgan fingerprint density at radius 2 is 2.00 bits per heavy atom. The topological polar surface area (TPSA) is 32.3 Å². The molecule has 0 radical (unpaired) electrons. The number of nitrogens with one attached hydrogen (secondary N) is 1. The Balaban J connectivity index is 1.77.